The summed E-state index contributed by atoms with van der Waals surface area (Å²) in [7, 11) is 0. The molecule has 0 amide bonds. The molecule has 0 aliphatic heterocycles. The fourth-order valence-electron chi connectivity index (χ4n) is 1.74. The third-order valence-electron chi connectivity index (χ3n) is 2.50. The number of anilines is 1. The molecule has 0 saturated heterocycles. The van der Waals surface area contributed by atoms with Crippen LogP contribution in [0.2, 0.25) is 0 Å². The summed E-state index contributed by atoms with van der Waals surface area (Å²) in [6.07, 6.45) is 2.46. The zero-order valence-electron chi connectivity index (χ0n) is 9.00. The Balaban J connectivity index is 2.08. The first-order chi connectivity index (χ1) is 8.33. The Labute approximate surface area is 102 Å². The van der Waals surface area contributed by atoms with Crippen LogP contribution in [-0.2, 0) is 6.42 Å². The summed E-state index contributed by atoms with van der Waals surface area (Å²) in [4.78, 5) is 13.7. The highest BCUT2D eigenvalue weighted by atomic mass is 32.1. The van der Waals surface area contributed by atoms with Gasteiger partial charge in [0.25, 0.3) is 0 Å². The van der Waals surface area contributed by atoms with E-state index in [9.17, 15) is 0 Å². The number of aromatic nitrogens is 3. The first-order valence-corrected chi connectivity index (χ1v) is 6.10. The number of pyridine rings is 1. The molecular weight excluding hydrogens is 232 g/mol. The summed E-state index contributed by atoms with van der Waals surface area (Å²) in [5.74, 6) is 0.325. The van der Waals surface area contributed by atoms with Crippen molar-refractivity contribution in [2.45, 2.75) is 6.42 Å². The fraction of sp³-hybridized carbons (Fsp3) is 0.0833. The van der Waals surface area contributed by atoms with E-state index in [4.69, 9.17) is 5.73 Å². The summed E-state index contributed by atoms with van der Waals surface area (Å²) in [5.41, 5.74) is 7.62. The largest absolute Gasteiger partial charge is 0.368 e. The van der Waals surface area contributed by atoms with Crippen molar-refractivity contribution >= 4 is 27.5 Å². The van der Waals surface area contributed by atoms with Gasteiger partial charge in [0.05, 0.1) is 5.69 Å². The minimum Gasteiger partial charge on any atom is -0.368 e. The standard InChI is InChI=1S/C12H10N4S/c13-12-15-10(7-8-3-1-2-5-14-8)9-4-6-17-11(9)16-12/h1-6H,7H2,(H2,13,15,16). The second-order valence-corrected chi connectivity index (χ2v) is 4.56. The lowest BCUT2D eigenvalue weighted by Gasteiger charge is -2.03. The van der Waals surface area contributed by atoms with Crippen molar-refractivity contribution in [3.05, 3.63) is 47.2 Å². The highest BCUT2D eigenvalue weighted by molar-refractivity contribution is 7.16. The number of rotatable bonds is 2. The second-order valence-electron chi connectivity index (χ2n) is 3.67. The van der Waals surface area contributed by atoms with Crippen LogP contribution in [0.25, 0.3) is 10.2 Å². The molecule has 0 aliphatic carbocycles. The van der Waals surface area contributed by atoms with Gasteiger partial charge >= 0.3 is 0 Å². The van der Waals surface area contributed by atoms with Gasteiger partial charge in [-0.2, -0.15) is 0 Å². The van der Waals surface area contributed by atoms with E-state index in [1.165, 1.54) is 0 Å². The normalized spacial score (nSPS) is 10.8. The van der Waals surface area contributed by atoms with Crippen LogP contribution in [0.15, 0.2) is 35.8 Å². The zero-order chi connectivity index (χ0) is 11.7. The van der Waals surface area contributed by atoms with Gasteiger partial charge in [-0.05, 0) is 23.6 Å². The lowest BCUT2D eigenvalue weighted by Crippen LogP contribution is -2.01. The lowest BCUT2D eigenvalue weighted by atomic mass is 10.1. The van der Waals surface area contributed by atoms with Gasteiger partial charge in [-0.1, -0.05) is 6.07 Å². The van der Waals surface area contributed by atoms with Gasteiger partial charge in [-0.25, -0.2) is 9.97 Å². The number of fused-ring (bicyclic) bond motifs is 1. The summed E-state index contributed by atoms with van der Waals surface area (Å²) in [6.45, 7) is 0. The minimum atomic E-state index is 0.325. The summed E-state index contributed by atoms with van der Waals surface area (Å²) in [6, 6.07) is 7.88. The summed E-state index contributed by atoms with van der Waals surface area (Å²) < 4.78 is 0. The van der Waals surface area contributed by atoms with Gasteiger partial charge < -0.3 is 5.73 Å². The number of nitrogens with zero attached hydrogens (tertiary/aromatic N) is 3. The van der Waals surface area contributed by atoms with Crippen molar-refractivity contribution in [2.75, 3.05) is 5.73 Å². The van der Waals surface area contributed by atoms with Crippen molar-refractivity contribution in [2.24, 2.45) is 0 Å². The molecule has 0 aliphatic rings. The third kappa shape index (κ3) is 1.97. The highest BCUT2D eigenvalue weighted by Gasteiger charge is 2.08. The maximum absolute atomic E-state index is 5.70. The Bertz CT molecular complexity index is 648. The van der Waals surface area contributed by atoms with Crippen molar-refractivity contribution in [3.63, 3.8) is 0 Å². The number of hydrogen-bond acceptors (Lipinski definition) is 5. The van der Waals surface area contributed by atoms with Gasteiger partial charge in [0.1, 0.15) is 4.83 Å². The smallest absolute Gasteiger partial charge is 0.221 e. The molecule has 3 aromatic rings. The molecule has 0 unspecified atom stereocenters. The summed E-state index contributed by atoms with van der Waals surface area (Å²) in [5, 5.41) is 3.07. The molecule has 0 spiro atoms. The van der Waals surface area contributed by atoms with Crippen LogP contribution in [0.3, 0.4) is 0 Å². The monoisotopic (exact) mass is 242 g/mol. The molecule has 3 rings (SSSR count). The van der Waals surface area contributed by atoms with Crippen LogP contribution in [0, 0.1) is 0 Å². The van der Waals surface area contributed by atoms with E-state index in [0.717, 1.165) is 21.6 Å². The molecule has 4 nitrogen and oxygen atoms in total. The van der Waals surface area contributed by atoms with E-state index in [-0.39, 0.29) is 0 Å². The van der Waals surface area contributed by atoms with Crippen LogP contribution in [0.1, 0.15) is 11.4 Å². The molecule has 0 saturated carbocycles. The number of hydrogen-bond donors (Lipinski definition) is 1. The highest BCUT2D eigenvalue weighted by Crippen LogP contribution is 2.23. The van der Waals surface area contributed by atoms with Gasteiger partial charge in [-0.15, -0.1) is 11.3 Å². The van der Waals surface area contributed by atoms with E-state index in [1.807, 2.05) is 29.6 Å². The van der Waals surface area contributed by atoms with Gasteiger partial charge in [0.2, 0.25) is 5.95 Å². The molecule has 2 N–H and O–H groups in total. The van der Waals surface area contributed by atoms with Crippen LogP contribution < -0.4 is 5.73 Å². The Morgan fingerprint density at radius 3 is 2.94 bits per heavy atom. The Hall–Kier alpha value is -2.01. The van der Waals surface area contributed by atoms with Crippen LogP contribution in [0.4, 0.5) is 5.95 Å². The molecule has 0 bridgehead atoms. The predicted octanol–water partition coefficient (Wildman–Crippen LogP) is 2.26. The first kappa shape index (κ1) is 10.2. The molecule has 17 heavy (non-hydrogen) atoms. The zero-order valence-corrected chi connectivity index (χ0v) is 9.81. The Morgan fingerprint density at radius 1 is 1.18 bits per heavy atom. The van der Waals surface area contributed by atoms with Gasteiger partial charge in [-0.3, -0.25) is 4.98 Å². The quantitative estimate of drug-likeness (QED) is 0.748. The number of thiophene rings is 1. The maximum atomic E-state index is 5.70. The SMILES string of the molecule is Nc1nc(Cc2ccccn2)c2ccsc2n1. The topological polar surface area (TPSA) is 64.7 Å². The molecule has 0 fully saturated rings. The summed E-state index contributed by atoms with van der Waals surface area (Å²) >= 11 is 1.57. The average Bonchev–Trinajstić information content (AvgIpc) is 2.78. The molecule has 0 aromatic carbocycles. The first-order valence-electron chi connectivity index (χ1n) is 5.22. The predicted molar refractivity (Wildman–Crippen MR) is 68.9 cm³/mol. The molecule has 84 valence electrons. The van der Waals surface area contributed by atoms with Crippen LogP contribution >= 0.6 is 11.3 Å². The van der Waals surface area contributed by atoms with E-state index in [1.54, 1.807) is 17.5 Å². The lowest BCUT2D eigenvalue weighted by molar-refractivity contribution is 1.02. The Morgan fingerprint density at radius 2 is 2.12 bits per heavy atom. The molecule has 5 heteroatoms. The van der Waals surface area contributed by atoms with Crippen molar-refractivity contribution < 1.29 is 0 Å². The number of nitrogen functional groups attached to an aromatic ring is 1. The average molecular weight is 242 g/mol. The van der Waals surface area contributed by atoms with Crippen molar-refractivity contribution in [1.82, 2.24) is 15.0 Å². The maximum Gasteiger partial charge on any atom is 0.221 e. The fourth-order valence-corrected chi connectivity index (χ4v) is 2.54. The number of nitrogens with two attached hydrogens (primary N) is 1. The Kier molecular flexibility index (Phi) is 2.45. The molecule has 3 aromatic heterocycles. The van der Waals surface area contributed by atoms with Crippen molar-refractivity contribution in [1.29, 1.82) is 0 Å². The van der Waals surface area contributed by atoms with E-state index < -0.39 is 0 Å². The molecule has 0 radical (unpaired) electrons. The minimum absolute atomic E-state index is 0.325. The van der Waals surface area contributed by atoms with Gasteiger partial charge in [0, 0.05) is 23.7 Å². The van der Waals surface area contributed by atoms with Crippen LogP contribution in [0.5, 0.6) is 0 Å². The molecule has 0 atom stereocenters. The second kappa shape index (κ2) is 4.10. The van der Waals surface area contributed by atoms with E-state index in [2.05, 4.69) is 15.0 Å². The van der Waals surface area contributed by atoms with E-state index >= 15 is 0 Å². The van der Waals surface area contributed by atoms with Crippen molar-refractivity contribution in [3.8, 4) is 0 Å². The third-order valence-corrected chi connectivity index (χ3v) is 3.30. The molecular formula is C12H10N4S. The molecule has 3 heterocycles. The van der Waals surface area contributed by atoms with E-state index in [0.29, 0.717) is 12.4 Å². The van der Waals surface area contributed by atoms with Gasteiger partial charge in [0.15, 0.2) is 0 Å². The van der Waals surface area contributed by atoms with Crippen LogP contribution in [-0.4, -0.2) is 15.0 Å².